The SMILES string of the molecule is C=Cc1cccc(N=Nc2ccc(Nc3ccccc3)cc2)c1. The lowest BCUT2D eigenvalue weighted by molar-refractivity contribution is 1.23. The summed E-state index contributed by atoms with van der Waals surface area (Å²) in [7, 11) is 0. The lowest BCUT2D eigenvalue weighted by Crippen LogP contribution is -1.88. The van der Waals surface area contributed by atoms with Gasteiger partial charge in [-0.15, -0.1) is 0 Å². The summed E-state index contributed by atoms with van der Waals surface area (Å²) in [5.41, 5.74) is 4.73. The van der Waals surface area contributed by atoms with Crippen molar-refractivity contribution in [3.63, 3.8) is 0 Å². The Balaban J connectivity index is 1.69. The third kappa shape index (κ3) is 4.14. The predicted molar refractivity (Wildman–Crippen MR) is 96.9 cm³/mol. The van der Waals surface area contributed by atoms with Crippen molar-refractivity contribution < 1.29 is 0 Å². The molecule has 0 saturated carbocycles. The standard InChI is InChI=1S/C20H17N3/c1-2-16-7-6-10-20(15-16)23-22-19-13-11-18(12-14-19)21-17-8-4-3-5-9-17/h2-15,21H,1H2. The van der Waals surface area contributed by atoms with Gasteiger partial charge in [0.25, 0.3) is 0 Å². The Bertz CT molecular complexity index is 806. The molecule has 112 valence electrons. The second-order valence-electron chi connectivity index (χ2n) is 5.04. The van der Waals surface area contributed by atoms with E-state index in [2.05, 4.69) is 22.1 Å². The van der Waals surface area contributed by atoms with Crippen LogP contribution in [0.25, 0.3) is 6.08 Å². The molecule has 3 aromatic carbocycles. The van der Waals surface area contributed by atoms with Crippen molar-refractivity contribution in [2.24, 2.45) is 10.2 Å². The average Bonchev–Trinajstić information content (AvgIpc) is 2.62. The largest absolute Gasteiger partial charge is 0.356 e. The minimum Gasteiger partial charge on any atom is -0.356 e. The number of azo groups is 1. The molecule has 0 bridgehead atoms. The fourth-order valence-electron chi connectivity index (χ4n) is 2.13. The zero-order chi connectivity index (χ0) is 15.9. The van der Waals surface area contributed by atoms with Crippen LogP contribution in [0.5, 0.6) is 0 Å². The molecule has 0 aliphatic heterocycles. The van der Waals surface area contributed by atoms with Gasteiger partial charge >= 0.3 is 0 Å². The first-order chi connectivity index (χ1) is 11.3. The van der Waals surface area contributed by atoms with Crippen LogP contribution in [0.1, 0.15) is 5.56 Å². The van der Waals surface area contributed by atoms with Crippen molar-refractivity contribution in [3.05, 3.63) is 91.0 Å². The molecule has 0 atom stereocenters. The van der Waals surface area contributed by atoms with Crippen molar-refractivity contribution in [2.75, 3.05) is 5.32 Å². The lowest BCUT2D eigenvalue weighted by atomic mass is 10.2. The van der Waals surface area contributed by atoms with E-state index < -0.39 is 0 Å². The van der Waals surface area contributed by atoms with Crippen LogP contribution in [-0.4, -0.2) is 0 Å². The predicted octanol–water partition coefficient (Wildman–Crippen LogP) is 6.49. The number of nitrogens with one attached hydrogen (secondary N) is 1. The Kier molecular flexibility index (Phi) is 4.60. The summed E-state index contributed by atoms with van der Waals surface area (Å²) in [6.45, 7) is 3.76. The second kappa shape index (κ2) is 7.18. The highest BCUT2D eigenvalue weighted by Gasteiger charge is 1.95. The Morgan fingerprint density at radius 2 is 1.39 bits per heavy atom. The van der Waals surface area contributed by atoms with Crippen LogP contribution in [0, 0.1) is 0 Å². The molecular weight excluding hydrogens is 282 g/mol. The van der Waals surface area contributed by atoms with Crippen LogP contribution in [0.4, 0.5) is 22.7 Å². The van der Waals surface area contributed by atoms with Crippen LogP contribution in [0.2, 0.25) is 0 Å². The molecule has 1 N–H and O–H groups in total. The molecule has 0 aliphatic carbocycles. The fourth-order valence-corrected chi connectivity index (χ4v) is 2.13. The van der Waals surface area contributed by atoms with E-state index in [1.54, 1.807) is 6.08 Å². The maximum Gasteiger partial charge on any atom is 0.0863 e. The summed E-state index contributed by atoms with van der Waals surface area (Å²) < 4.78 is 0. The smallest absolute Gasteiger partial charge is 0.0863 e. The van der Waals surface area contributed by atoms with E-state index in [1.165, 1.54) is 0 Å². The van der Waals surface area contributed by atoms with Gasteiger partial charge in [0.2, 0.25) is 0 Å². The number of benzene rings is 3. The summed E-state index contributed by atoms with van der Waals surface area (Å²) in [5, 5.41) is 11.9. The van der Waals surface area contributed by atoms with E-state index in [-0.39, 0.29) is 0 Å². The number of para-hydroxylation sites is 1. The van der Waals surface area contributed by atoms with Crippen molar-refractivity contribution in [1.29, 1.82) is 0 Å². The molecule has 3 rings (SSSR count). The van der Waals surface area contributed by atoms with E-state index in [9.17, 15) is 0 Å². The molecule has 3 heteroatoms. The summed E-state index contributed by atoms with van der Waals surface area (Å²) in [4.78, 5) is 0. The maximum atomic E-state index is 4.26. The van der Waals surface area contributed by atoms with Gasteiger partial charge in [0.05, 0.1) is 11.4 Å². The molecule has 0 unspecified atom stereocenters. The van der Waals surface area contributed by atoms with Crippen LogP contribution in [0.15, 0.2) is 95.7 Å². The highest BCUT2D eigenvalue weighted by molar-refractivity contribution is 5.61. The molecule has 0 spiro atoms. The van der Waals surface area contributed by atoms with Gasteiger partial charge in [-0.05, 0) is 54.1 Å². The van der Waals surface area contributed by atoms with Gasteiger partial charge in [-0.25, -0.2) is 0 Å². The van der Waals surface area contributed by atoms with Crippen LogP contribution < -0.4 is 5.32 Å². The first-order valence-electron chi connectivity index (χ1n) is 7.40. The van der Waals surface area contributed by atoms with E-state index >= 15 is 0 Å². The molecule has 0 amide bonds. The topological polar surface area (TPSA) is 36.8 Å². The minimum absolute atomic E-state index is 0.813. The second-order valence-corrected chi connectivity index (χ2v) is 5.04. The van der Waals surface area contributed by atoms with Gasteiger partial charge in [0.15, 0.2) is 0 Å². The number of anilines is 2. The zero-order valence-corrected chi connectivity index (χ0v) is 12.7. The van der Waals surface area contributed by atoms with Crippen LogP contribution >= 0.6 is 0 Å². The Hall–Kier alpha value is -3.20. The quantitative estimate of drug-likeness (QED) is 0.537. The molecule has 0 heterocycles. The molecule has 0 saturated heterocycles. The van der Waals surface area contributed by atoms with Crippen LogP contribution in [-0.2, 0) is 0 Å². The van der Waals surface area contributed by atoms with Gasteiger partial charge < -0.3 is 5.32 Å². The molecular formula is C20H17N3. The number of hydrogen-bond donors (Lipinski definition) is 1. The molecule has 0 aliphatic rings. The van der Waals surface area contributed by atoms with Gasteiger partial charge in [0, 0.05) is 11.4 Å². The first kappa shape index (κ1) is 14.7. The number of hydrogen-bond acceptors (Lipinski definition) is 3. The molecule has 0 radical (unpaired) electrons. The Labute approximate surface area is 136 Å². The van der Waals surface area contributed by atoms with E-state index in [0.717, 1.165) is 28.3 Å². The fraction of sp³-hybridized carbons (Fsp3) is 0. The Morgan fingerprint density at radius 3 is 2.13 bits per heavy atom. The van der Waals surface area contributed by atoms with E-state index in [4.69, 9.17) is 0 Å². The first-order valence-corrected chi connectivity index (χ1v) is 7.40. The molecule has 0 fully saturated rings. The van der Waals surface area contributed by atoms with Crippen molar-refractivity contribution >= 4 is 28.8 Å². The van der Waals surface area contributed by atoms with Crippen molar-refractivity contribution in [3.8, 4) is 0 Å². The summed E-state index contributed by atoms with van der Waals surface area (Å²) in [5.74, 6) is 0. The summed E-state index contributed by atoms with van der Waals surface area (Å²) >= 11 is 0. The van der Waals surface area contributed by atoms with Gasteiger partial charge in [-0.1, -0.05) is 43.0 Å². The highest BCUT2D eigenvalue weighted by atomic mass is 15.1. The van der Waals surface area contributed by atoms with E-state index in [0.29, 0.717) is 0 Å². The third-order valence-electron chi connectivity index (χ3n) is 3.32. The zero-order valence-electron chi connectivity index (χ0n) is 12.7. The molecule has 23 heavy (non-hydrogen) atoms. The maximum absolute atomic E-state index is 4.26. The summed E-state index contributed by atoms with van der Waals surface area (Å²) in [6.07, 6.45) is 1.79. The normalized spacial score (nSPS) is 10.6. The number of rotatable bonds is 5. The Morgan fingerprint density at radius 1 is 0.696 bits per heavy atom. The highest BCUT2D eigenvalue weighted by Crippen LogP contribution is 2.23. The van der Waals surface area contributed by atoms with Gasteiger partial charge in [-0.3, -0.25) is 0 Å². The lowest BCUT2D eigenvalue weighted by Gasteiger charge is -2.05. The average molecular weight is 299 g/mol. The summed E-state index contributed by atoms with van der Waals surface area (Å²) in [6, 6.07) is 25.7. The van der Waals surface area contributed by atoms with E-state index in [1.807, 2.05) is 78.9 Å². The molecule has 3 aromatic rings. The van der Waals surface area contributed by atoms with Gasteiger partial charge in [0.1, 0.15) is 0 Å². The monoisotopic (exact) mass is 299 g/mol. The van der Waals surface area contributed by atoms with Crippen molar-refractivity contribution in [2.45, 2.75) is 0 Å². The molecule has 3 nitrogen and oxygen atoms in total. The van der Waals surface area contributed by atoms with Gasteiger partial charge in [-0.2, -0.15) is 10.2 Å². The van der Waals surface area contributed by atoms with Crippen molar-refractivity contribution in [1.82, 2.24) is 0 Å². The number of nitrogens with zero attached hydrogens (tertiary/aromatic N) is 2. The molecule has 0 aromatic heterocycles. The minimum atomic E-state index is 0.813. The van der Waals surface area contributed by atoms with Crippen LogP contribution in [0.3, 0.4) is 0 Å². The third-order valence-corrected chi connectivity index (χ3v) is 3.32.